The Kier molecular flexibility index (Phi) is 9.46. The molecule has 0 aromatic heterocycles. The summed E-state index contributed by atoms with van der Waals surface area (Å²) in [6.07, 6.45) is 3.80. The fraction of sp³-hybridized carbons (Fsp3) is 0.217. The van der Waals surface area contributed by atoms with Crippen LogP contribution in [0.2, 0.25) is 0 Å². The second-order valence-corrected chi connectivity index (χ2v) is 8.30. The van der Waals surface area contributed by atoms with Crippen molar-refractivity contribution < 1.29 is 17.0 Å². The Labute approximate surface area is 175 Å². The van der Waals surface area contributed by atoms with E-state index >= 15 is 0 Å². The van der Waals surface area contributed by atoms with Gasteiger partial charge >= 0.3 is 0 Å². The summed E-state index contributed by atoms with van der Waals surface area (Å²) in [6.45, 7) is 0. The number of thiol groups is 1. The summed E-state index contributed by atoms with van der Waals surface area (Å²) in [6, 6.07) is 30.8. The first kappa shape index (κ1) is 21.2. The molecule has 0 saturated heterocycles. The van der Waals surface area contributed by atoms with Gasteiger partial charge in [-0.15, -0.1) is 0 Å². The molecular weight excluding hydrogens is 419 g/mol. The highest BCUT2D eigenvalue weighted by Gasteiger charge is 2.14. The first-order valence-corrected chi connectivity index (χ1v) is 11.2. The van der Waals surface area contributed by atoms with Gasteiger partial charge in [0, 0.05) is 11.7 Å². The van der Waals surface area contributed by atoms with Crippen molar-refractivity contribution in [2.45, 2.75) is 24.3 Å². The van der Waals surface area contributed by atoms with E-state index in [2.05, 4.69) is 97.6 Å². The third kappa shape index (κ3) is 6.27. The summed E-state index contributed by atoms with van der Waals surface area (Å²) in [5.41, 5.74) is 5.64. The molecule has 0 spiro atoms. The van der Waals surface area contributed by atoms with Gasteiger partial charge in [0.25, 0.3) is 0 Å². The van der Waals surface area contributed by atoms with Crippen molar-refractivity contribution in [3.05, 3.63) is 107 Å². The third-order valence-electron chi connectivity index (χ3n) is 4.65. The Morgan fingerprint density at radius 3 is 1.69 bits per heavy atom. The van der Waals surface area contributed by atoms with Crippen LogP contribution in [-0.4, -0.2) is 6.16 Å². The van der Waals surface area contributed by atoms with E-state index in [1.165, 1.54) is 41.0 Å². The van der Waals surface area contributed by atoms with Crippen LogP contribution in [0.1, 0.15) is 34.6 Å². The van der Waals surface area contributed by atoms with Gasteiger partial charge in [0.15, 0.2) is 0 Å². The average molecular weight is 445 g/mol. The fourth-order valence-corrected chi connectivity index (χ4v) is 4.82. The predicted octanol–water partition coefficient (Wildman–Crippen LogP) is 3.25. The SMILES string of the molecule is SCc1ccc(C[PH2+]CCC(c2ccccc2)c2ccccc2)cc1.[Br-]. The molecule has 3 heteroatoms. The molecule has 0 radical (unpaired) electrons. The Morgan fingerprint density at radius 1 is 0.692 bits per heavy atom. The van der Waals surface area contributed by atoms with Crippen molar-refractivity contribution in [3.63, 3.8) is 0 Å². The van der Waals surface area contributed by atoms with Crippen LogP contribution in [0.4, 0.5) is 0 Å². The van der Waals surface area contributed by atoms with E-state index in [-0.39, 0.29) is 17.0 Å². The monoisotopic (exact) mass is 444 g/mol. The normalized spacial score (nSPS) is 11.0. The van der Waals surface area contributed by atoms with Gasteiger partial charge in [-0.05, 0) is 37.3 Å². The van der Waals surface area contributed by atoms with Crippen molar-refractivity contribution in [3.8, 4) is 0 Å². The molecule has 0 aliphatic rings. The highest BCUT2D eigenvalue weighted by Crippen LogP contribution is 2.31. The van der Waals surface area contributed by atoms with Crippen LogP contribution >= 0.6 is 21.2 Å². The lowest BCUT2D eigenvalue weighted by molar-refractivity contribution is -0.00000487. The quantitative estimate of drug-likeness (QED) is 0.307. The molecule has 0 bridgehead atoms. The Bertz CT molecular complexity index is 705. The second kappa shape index (κ2) is 11.6. The zero-order valence-corrected chi connectivity index (χ0v) is 18.5. The summed E-state index contributed by atoms with van der Waals surface area (Å²) < 4.78 is 0. The minimum atomic E-state index is 0. The highest BCUT2D eigenvalue weighted by atomic mass is 79.9. The van der Waals surface area contributed by atoms with Crippen LogP contribution in [-0.2, 0) is 11.9 Å². The first-order chi connectivity index (χ1) is 12.4. The number of halogens is 1. The average Bonchev–Trinajstić information content (AvgIpc) is 2.70. The van der Waals surface area contributed by atoms with Gasteiger partial charge in [0.2, 0.25) is 0 Å². The molecule has 0 aliphatic heterocycles. The van der Waals surface area contributed by atoms with Gasteiger partial charge in [0.1, 0.15) is 0 Å². The lowest BCUT2D eigenvalue weighted by atomic mass is 9.89. The van der Waals surface area contributed by atoms with Gasteiger partial charge in [0.05, 0.1) is 12.3 Å². The molecular formula is C23H26BrPS. The van der Waals surface area contributed by atoms with Gasteiger partial charge in [-0.1, -0.05) is 84.9 Å². The summed E-state index contributed by atoms with van der Waals surface area (Å²) in [4.78, 5) is 0. The van der Waals surface area contributed by atoms with Gasteiger partial charge < -0.3 is 17.0 Å². The zero-order chi connectivity index (χ0) is 17.3. The van der Waals surface area contributed by atoms with Crippen molar-refractivity contribution in [1.82, 2.24) is 0 Å². The number of rotatable bonds is 8. The van der Waals surface area contributed by atoms with Gasteiger partial charge in [-0.2, -0.15) is 12.6 Å². The van der Waals surface area contributed by atoms with Crippen LogP contribution in [0.3, 0.4) is 0 Å². The number of hydrogen-bond donors (Lipinski definition) is 1. The van der Waals surface area contributed by atoms with E-state index < -0.39 is 0 Å². The van der Waals surface area contributed by atoms with Crippen molar-refractivity contribution in [2.24, 2.45) is 0 Å². The molecule has 0 fully saturated rings. The largest absolute Gasteiger partial charge is 1.00 e. The fourth-order valence-electron chi connectivity index (χ4n) is 3.23. The van der Waals surface area contributed by atoms with E-state index in [0.717, 1.165) is 5.75 Å². The Hall–Kier alpha value is -1.08. The molecule has 3 aromatic rings. The van der Waals surface area contributed by atoms with E-state index in [4.69, 9.17) is 0 Å². The Morgan fingerprint density at radius 2 is 1.19 bits per heavy atom. The van der Waals surface area contributed by atoms with E-state index in [0.29, 0.717) is 14.5 Å². The predicted molar refractivity (Wildman–Crippen MR) is 117 cm³/mol. The summed E-state index contributed by atoms with van der Waals surface area (Å²) in [5.74, 6) is 1.34. The molecule has 3 aromatic carbocycles. The summed E-state index contributed by atoms with van der Waals surface area (Å²) >= 11 is 4.33. The molecule has 136 valence electrons. The highest BCUT2D eigenvalue weighted by molar-refractivity contribution is 7.79. The zero-order valence-electron chi connectivity index (χ0n) is 14.9. The van der Waals surface area contributed by atoms with Crippen LogP contribution in [0.25, 0.3) is 0 Å². The molecule has 0 nitrogen and oxygen atoms in total. The smallest absolute Gasteiger partial charge is 0.0797 e. The second-order valence-electron chi connectivity index (χ2n) is 6.42. The van der Waals surface area contributed by atoms with E-state index in [1.54, 1.807) is 0 Å². The lowest BCUT2D eigenvalue weighted by Gasteiger charge is -2.16. The molecule has 1 atom stereocenters. The molecule has 0 N–H and O–H groups in total. The van der Waals surface area contributed by atoms with Crippen LogP contribution < -0.4 is 17.0 Å². The van der Waals surface area contributed by atoms with E-state index in [9.17, 15) is 0 Å². The number of hydrogen-bond acceptors (Lipinski definition) is 1. The molecule has 26 heavy (non-hydrogen) atoms. The topological polar surface area (TPSA) is 0 Å². The molecule has 0 saturated carbocycles. The molecule has 1 unspecified atom stereocenters. The number of benzene rings is 3. The minimum absolute atomic E-state index is 0. The third-order valence-corrected chi connectivity index (χ3v) is 6.52. The molecule has 0 heterocycles. The maximum absolute atomic E-state index is 4.33. The maximum Gasteiger partial charge on any atom is 0.0797 e. The van der Waals surface area contributed by atoms with Crippen LogP contribution in [0, 0.1) is 0 Å². The van der Waals surface area contributed by atoms with Crippen molar-refractivity contribution in [2.75, 3.05) is 6.16 Å². The van der Waals surface area contributed by atoms with Crippen LogP contribution in [0.5, 0.6) is 0 Å². The minimum Gasteiger partial charge on any atom is -1.00 e. The van der Waals surface area contributed by atoms with Gasteiger partial charge in [-0.25, -0.2) is 0 Å². The van der Waals surface area contributed by atoms with E-state index in [1.807, 2.05) is 0 Å². The Balaban J connectivity index is 0.00000243. The molecule has 3 rings (SSSR count). The molecule has 0 aliphatic carbocycles. The van der Waals surface area contributed by atoms with Crippen molar-refractivity contribution in [1.29, 1.82) is 0 Å². The standard InChI is InChI=1S/C23H25PS.BrH/c25-18-20-13-11-19(12-14-20)17-24-16-15-23(21-7-3-1-4-8-21)22-9-5-2-6-10-22;/h1-14,23-25H,15-18H2;1H. The maximum atomic E-state index is 4.33. The lowest BCUT2D eigenvalue weighted by Crippen LogP contribution is -3.00. The van der Waals surface area contributed by atoms with Gasteiger partial charge in [-0.3, -0.25) is 0 Å². The van der Waals surface area contributed by atoms with Crippen LogP contribution in [0.15, 0.2) is 84.9 Å². The first-order valence-electron chi connectivity index (χ1n) is 8.97. The van der Waals surface area contributed by atoms with Crippen molar-refractivity contribution >= 4 is 21.2 Å². The summed E-state index contributed by atoms with van der Waals surface area (Å²) in [7, 11) is 0.447. The summed E-state index contributed by atoms with van der Waals surface area (Å²) in [5, 5.41) is 0. The molecule has 0 amide bonds.